The third-order valence-electron chi connectivity index (χ3n) is 8.83. The minimum atomic E-state index is -3.42. The second-order valence-corrected chi connectivity index (χ2v) is 14.3. The number of aliphatic hydroxyl groups excluding tert-OH is 1. The van der Waals surface area contributed by atoms with E-state index in [2.05, 4.69) is 0 Å². The fourth-order valence-corrected chi connectivity index (χ4v) is 6.59. The van der Waals surface area contributed by atoms with Crippen LogP contribution in [0.3, 0.4) is 0 Å². The Morgan fingerprint density at radius 3 is 0.868 bits per heavy atom. The molecule has 3 saturated carbocycles. The molecule has 3 aliphatic rings. The lowest BCUT2D eigenvalue weighted by molar-refractivity contribution is 0.0477. The third kappa shape index (κ3) is 22.7. The normalized spacial score (nSPS) is 23.3. The molecule has 5 heteroatoms. The third-order valence-corrected chi connectivity index (χ3v) is 9.37. The van der Waals surface area contributed by atoms with Gasteiger partial charge in [0.05, 0.1) is 19.5 Å². The van der Waals surface area contributed by atoms with Crippen molar-refractivity contribution < 1.29 is 17.7 Å². The summed E-state index contributed by atoms with van der Waals surface area (Å²) in [5, 5.41) is 9.64. The Bertz CT molecular complexity index is 508. The summed E-state index contributed by atoms with van der Waals surface area (Å²) < 4.78 is 27.2. The van der Waals surface area contributed by atoms with E-state index in [9.17, 15) is 13.5 Å². The van der Waals surface area contributed by atoms with Gasteiger partial charge in [-0.05, 0) is 12.8 Å². The molecule has 228 valence electrons. The van der Waals surface area contributed by atoms with Crippen molar-refractivity contribution in [3.8, 4) is 0 Å². The van der Waals surface area contributed by atoms with Gasteiger partial charge in [-0.1, -0.05) is 173 Å². The van der Waals surface area contributed by atoms with Gasteiger partial charge in [0.2, 0.25) is 0 Å². The summed E-state index contributed by atoms with van der Waals surface area (Å²) in [4.78, 5) is 0. The summed E-state index contributed by atoms with van der Waals surface area (Å²) in [6.07, 6.45) is 41.0. The first kappa shape index (κ1) is 35.9. The summed E-state index contributed by atoms with van der Waals surface area (Å²) in [6, 6.07) is 0. The van der Waals surface area contributed by atoms with Crippen molar-refractivity contribution in [1.29, 1.82) is 0 Å². The number of hydrogen-bond donors (Lipinski definition) is 1. The topological polar surface area (TPSA) is 63.6 Å². The van der Waals surface area contributed by atoms with Gasteiger partial charge in [0, 0.05) is 5.41 Å². The fourth-order valence-electron chi connectivity index (χ4n) is 6.12. The maximum absolute atomic E-state index is 11.1. The van der Waals surface area contributed by atoms with Gasteiger partial charge in [-0.2, -0.15) is 8.42 Å². The first-order valence-corrected chi connectivity index (χ1v) is 18.7. The molecule has 0 saturated heterocycles. The lowest BCUT2D eigenvalue weighted by Crippen LogP contribution is -2.32. The van der Waals surface area contributed by atoms with Crippen LogP contribution in [0.2, 0.25) is 0 Å². The zero-order valence-corrected chi connectivity index (χ0v) is 26.3. The molecule has 3 aliphatic carbocycles. The van der Waals surface area contributed by atoms with E-state index in [4.69, 9.17) is 4.18 Å². The maximum Gasteiger partial charge on any atom is 0.264 e. The standard InChI is InChI=1S/C13H26O4S.2C10H20/c1-18(15,16)17-12-13(11-14)9-7-5-3-2-4-6-8-10-13;2*1-2-4-6-8-10-9-7-5-3-1/h14H,2-12H2,1H3;2*1-10H2. The van der Waals surface area contributed by atoms with E-state index in [0.717, 1.165) is 31.9 Å². The average Bonchev–Trinajstić information content (AvgIpc) is 2.93. The molecular weight excluding hydrogens is 492 g/mol. The molecule has 0 aromatic heterocycles. The average molecular weight is 559 g/mol. The molecular formula is C33H66O4S. The van der Waals surface area contributed by atoms with Gasteiger partial charge in [0.1, 0.15) is 0 Å². The maximum atomic E-state index is 11.1. The van der Waals surface area contributed by atoms with Gasteiger partial charge in [-0.15, -0.1) is 0 Å². The quantitative estimate of drug-likeness (QED) is 0.349. The highest BCUT2D eigenvalue weighted by Gasteiger charge is 2.30. The first-order chi connectivity index (χ1) is 18.5. The van der Waals surface area contributed by atoms with Crippen molar-refractivity contribution in [2.24, 2.45) is 5.41 Å². The first-order valence-electron chi connectivity index (χ1n) is 16.9. The zero-order chi connectivity index (χ0) is 27.6. The molecule has 0 aliphatic heterocycles. The molecule has 0 atom stereocenters. The number of rotatable bonds is 4. The molecule has 0 aromatic carbocycles. The van der Waals surface area contributed by atoms with Crippen molar-refractivity contribution in [3.05, 3.63) is 0 Å². The lowest BCUT2D eigenvalue weighted by Gasteiger charge is -2.32. The molecule has 0 radical (unpaired) electrons. The van der Waals surface area contributed by atoms with Crippen LogP contribution in [0.1, 0.15) is 186 Å². The molecule has 0 spiro atoms. The Morgan fingerprint density at radius 2 is 0.684 bits per heavy atom. The van der Waals surface area contributed by atoms with Crippen LogP contribution in [-0.4, -0.2) is 33.0 Å². The molecule has 0 bridgehead atoms. The van der Waals surface area contributed by atoms with Crippen molar-refractivity contribution in [3.63, 3.8) is 0 Å². The second kappa shape index (κ2) is 24.6. The molecule has 0 aromatic rings. The lowest BCUT2D eigenvalue weighted by atomic mass is 9.78. The van der Waals surface area contributed by atoms with Crippen LogP contribution >= 0.6 is 0 Å². The molecule has 38 heavy (non-hydrogen) atoms. The largest absolute Gasteiger partial charge is 0.396 e. The monoisotopic (exact) mass is 558 g/mol. The van der Waals surface area contributed by atoms with E-state index in [-0.39, 0.29) is 18.6 Å². The Balaban J connectivity index is 0.000000307. The Morgan fingerprint density at radius 1 is 0.474 bits per heavy atom. The van der Waals surface area contributed by atoms with Gasteiger partial charge in [0.25, 0.3) is 10.1 Å². The van der Waals surface area contributed by atoms with Gasteiger partial charge < -0.3 is 5.11 Å². The highest BCUT2D eigenvalue weighted by atomic mass is 32.2. The Kier molecular flexibility index (Phi) is 23.3. The van der Waals surface area contributed by atoms with Crippen LogP contribution in [0.5, 0.6) is 0 Å². The molecule has 3 fully saturated rings. The Labute approximate surface area is 238 Å². The van der Waals surface area contributed by atoms with Gasteiger partial charge in [0.15, 0.2) is 0 Å². The highest BCUT2D eigenvalue weighted by Crippen LogP contribution is 2.33. The molecule has 3 rings (SSSR count). The summed E-state index contributed by atoms with van der Waals surface area (Å²) in [5.41, 5.74) is -0.361. The summed E-state index contributed by atoms with van der Waals surface area (Å²) in [5.74, 6) is 0. The minimum Gasteiger partial charge on any atom is -0.396 e. The Hall–Kier alpha value is -0.130. The van der Waals surface area contributed by atoms with E-state index in [1.807, 2.05) is 0 Å². The van der Waals surface area contributed by atoms with E-state index in [1.165, 1.54) is 161 Å². The molecule has 1 N–H and O–H groups in total. The van der Waals surface area contributed by atoms with E-state index >= 15 is 0 Å². The van der Waals surface area contributed by atoms with Crippen LogP contribution in [0.15, 0.2) is 0 Å². The van der Waals surface area contributed by atoms with Crippen molar-refractivity contribution >= 4 is 10.1 Å². The van der Waals surface area contributed by atoms with Crippen LogP contribution in [0.4, 0.5) is 0 Å². The van der Waals surface area contributed by atoms with Gasteiger partial charge in [-0.3, -0.25) is 4.18 Å². The predicted molar refractivity (Wildman–Crippen MR) is 164 cm³/mol. The summed E-state index contributed by atoms with van der Waals surface area (Å²) in [7, 11) is -3.42. The van der Waals surface area contributed by atoms with E-state index < -0.39 is 10.1 Å². The smallest absolute Gasteiger partial charge is 0.264 e. The highest BCUT2D eigenvalue weighted by molar-refractivity contribution is 7.85. The zero-order valence-electron chi connectivity index (χ0n) is 25.5. The number of hydrogen-bond acceptors (Lipinski definition) is 4. The van der Waals surface area contributed by atoms with Gasteiger partial charge >= 0.3 is 0 Å². The molecule has 0 unspecified atom stereocenters. The molecule has 0 heterocycles. The van der Waals surface area contributed by atoms with Crippen LogP contribution in [0, 0.1) is 5.41 Å². The number of aliphatic hydroxyl groups is 1. The fraction of sp³-hybridized carbons (Fsp3) is 1.00. The van der Waals surface area contributed by atoms with Crippen LogP contribution in [0.25, 0.3) is 0 Å². The molecule has 4 nitrogen and oxygen atoms in total. The van der Waals surface area contributed by atoms with Crippen molar-refractivity contribution in [1.82, 2.24) is 0 Å². The van der Waals surface area contributed by atoms with Gasteiger partial charge in [-0.25, -0.2) is 0 Å². The minimum absolute atomic E-state index is 0.0164. The summed E-state index contributed by atoms with van der Waals surface area (Å²) >= 11 is 0. The van der Waals surface area contributed by atoms with E-state index in [0.29, 0.717) is 0 Å². The SMILES string of the molecule is C1CCCCCCCCC1.C1CCCCCCCCC1.CS(=O)(=O)OCC1(CO)CCCCCCCCC1. The molecule has 0 amide bonds. The van der Waals surface area contributed by atoms with E-state index in [1.54, 1.807) is 0 Å². The van der Waals surface area contributed by atoms with Crippen LogP contribution in [-0.2, 0) is 14.3 Å². The second-order valence-electron chi connectivity index (χ2n) is 12.7. The van der Waals surface area contributed by atoms with Crippen LogP contribution < -0.4 is 0 Å². The van der Waals surface area contributed by atoms with Crippen molar-refractivity contribution in [2.45, 2.75) is 186 Å². The van der Waals surface area contributed by atoms with Crippen molar-refractivity contribution in [2.75, 3.05) is 19.5 Å². The predicted octanol–water partition coefficient (Wildman–Crippen LogP) is 10.3. The summed E-state index contributed by atoms with van der Waals surface area (Å²) in [6.45, 7) is 0.144.